The molecule has 82 valence electrons. The number of hydrogen-bond acceptors (Lipinski definition) is 4. The number of rotatable bonds is 3. The number of carbonyl (C=O) groups is 1. The first-order chi connectivity index (χ1) is 7.68. The quantitative estimate of drug-likeness (QED) is 0.697. The number of aromatic amines is 1. The maximum atomic E-state index is 11.9. The summed E-state index contributed by atoms with van der Waals surface area (Å²) in [6, 6.07) is 6.45. The van der Waals surface area contributed by atoms with Crippen LogP contribution in [-0.4, -0.2) is 16.0 Å². The first-order valence-corrected chi connectivity index (χ1v) is 6.25. The van der Waals surface area contributed by atoms with E-state index in [9.17, 15) is 9.59 Å². The summed E-state index contributed by atoms with van der Waals surface area (Å²) in [5.74, 6) is -0.0606. The average Bonchev–Trinajstić information content (AvgIpc) is 2.81. The summed E-state index contributed by atoms with van der Waals surface area (Å²) in [6.07, 6.45) is 0. The van der Waals surface area contributed by atoms with Crippen molar-refractivity contribution in [2.24, 2.45) is 0 Å². The number of alkyl halides is 1. The van der Waals surface area contributed by atoms with Crippen molar-refractivity contribution in [3.8, 4) is 0 Å². The van der Waals surface area contributed by atoms with Crippen LogP contribution in [0, 0.1) is 0 Å². The van der Waals surface area contributed by atoms with Crippen molar-refractivity contribution in [3.63, 3.8) is 0 Å². The fourth-order valence-corrected chi connectivity index (χ4v) is 2.52. The van der Waals surface area contributed by atoms with Gasteiger partial charge < -0.3 is 0 Å². The second-order valence-corrected chi connectivity index (χ2v) is 4.91. The van der Waals surface area contributed by atoms with Gasteiger partial charge in [-0.15, -0.1) is 11.3 Å². The minimum atomic E-state index is -0.525. The molecule has 2 aromatic rings. The third-order valence-electron chi connectivity index (χ3n) is 1.95. The minimum Gasteiger partial charge on any atom is -0.292 e. The second kappa shape index (κ2) is 4.71. The predicted molar refractivity (Wildman–Crippen MR) is 65.2 cm³/mol. The van der Waals surface area contributed by atoms with E-state index >= 15 is 0 Å². The molecule has 1 unspecified atom stereocenters. The lowest BCUT2D eigenvalue weighted by Crippen LogP contribution is -2.12. The number of ketones is 1. The van der Waals surface area contributed by atoms with E-state index in [1.165, 1.54) is 23.5 Å². The number of Topliss-reactive ketones (excluding diaryl/α,β-unsaturated/α-hetero) is 1. The van der Waals surface area contributed by atoms with Crippen LogP contribution in [0.25, 0.3) is 0 Å². The van der Waals surface area contributed by atoms with Gasteiger partial charge in [0.05, 0.1) is 10.6 Å². The van der Waals surface area contributed by atoms with Crippen molar-refractivity contribution in [1.29, 1.82) is 0 Å². The molecule has 0 bridgehead atoms. The van der Waals surface area contributed by atoms with Gasteiger partial charge >= 0.3 is 0 Å². The zero-order valence-electron chi connectivity index (χ0n) is 8.01. The molecule has 0 fully saturated rings. The zero-order chi connectivity index (χ0) is 11.5. The maximum Gasteiger partial charge on any atom is 0.264 e. The molecule has 0 saturated carbocycles. The van der Waals surface area contributed by atoms with E-state index in [2.05, 4.69) is 26.1 Å². The smallest absolute Gasteiger partial charge is 0.264 e. The van der Waals surface area contributed by atoms with Gasteiger partial charge in [-0.1, -0.05) is 22.0 Å². The summed E-state index contributed by atoms with van der Waals surface area (Å²) < 4.78 is 0. The van der Waals surface area contributed by atoms with Crippen molar-refractivity contribution < 1.29 is 4.79 Å². The predicted octanol–water partition coefficient (Wildman–Crippen LogP) is 2.15. The highest BCUT2D eigenvalue weighted by molar-refractivity contribution is 9.09. The molecule has 0 aliphatic carbocycles. The molecule has 2 aromatic heterocycles. The largest absolute Gasteiger partial charge is 0.292 e. The van der Waals surface area contributed by atoms with E-state index in [4.69, 9.17) is 0 Å². The van der Waals surface area contributed by atoms with E-state index < -0.39 is 4.83 Å². The highest BCUT2D eigenvalue weighted by Crippen LogP contribution is 2.26. The van der Waals surface area contributed by atoms with Gasteiger partial charge in [0.25, 0.3) is 5.56 Å². The summed E-state index contributed by atoms with van der Waals surface area (Å²) in [6.45, 7) is 0. The van der Waals surface area contributed by atoms with E-state index in [0.29, 0.717) is 10.6 Å². The van der Waals surface area contributed by atoms with Crippen LogP contribution in [0.2, 0.25) is 0 Å². The second-order valence-electron chi connectivity index (χ2n) is 3.05. The number of H-pyrrole nitrogens is 1. The van der Waals surface area contributed by atoms with Gasteiger partial charge in [0, 0.05) is 6.07 Å². The number of thiophene rings is 1. The summed E-state index contributed by atoms with van der Waals surface area (Å²) in [4.78, 5) is 22.9. The van der Waals surface area contributed by atoms with Crippen LogP contribution >= 0.6 is 27.3 Å². The molecule has 0 saturated heterocycles. The fraction of sp³-hybridized carbons (Fsp3) is 0.100. The van der Waals surface area contributed by atoms with Gasteiger partial charge in [0.2, 0.25) is 0 Å². The van der Waals surface area contributed by atoms with Crippen LogP contribution < -0.4 is 5.56 Å². The Morgan fingerprint density at radius 1 is 1.44 bits per heavy atom. The lowest BCUT2D eigenvalue weighted by atomic mass is 10.2. The third-order valence-corrected chi connectivity index (χ3v) is 3.72. The van der Waals surface area contributed by atoms with Gasteiger partial charge in [-0.05, 0) is 17.5 Å². The number of hydrogen-bond donors (Lipinski definition) is 1. The monoisotopic (exact) mass is 298 g/mol. The third kappa shape index (κ3) is 2.28. The first-order valence-electron chi connectivity index (χ1n) is 4.46. The average molecular weight is 299 g/mol. The van der Waals surface area contributed by atoms with Crippen molar-refractivity contribution in [3.05, 3.63) is 50.6 Å². The summed E-state index contributed by atoms with van der Waals surface area (Å²) in [5, 5.41) is 7.95. The molecule has 0 aliphatic rings. The molecular formula is C10H7BrN2O2S. The van der Waals surface area contributed by atoms with Gasteiger partial charge in [0.15, 0.2) is 5.78 Å². The Morgan fingerprint density at radius 3 is 2.81 bits per heavy atom. The summed E-state index contributed by atoms with van der Waals surface area (Å²) in [7, 11) is 0. The van der Waals surface area contributed by atoms with Crippen molar-refractivity contribution >= 4 is 33.0 Å². The SMILES string of the molecule is O=C(c1cccs1)C(Br)c1ccc(=O)[nH]n1. The number of carbonyl (C=O) groups excluding carboxylic acids is 1. The minimum absolute atomic E-state index is 0.0606. The Labute approximate surface area is 103 Å². The molecule has 0 spiro atoms. The molecule has 4 nitrogen and oxygen atoms in total. The van der Waals surface area contributed by atoms with Gasteiger partial charge in [-0.2, -0.15) is 5.10 Å². The van der Waals surface area contributed by atoms with Crippen molar-refractivity contribution in [2.45, 2.75) is 4.83 Å². The molecular weight excluding hydrogens is 292 g/mol. The molecule has 0 radical (unpaired) electrons. The maximum absolute atomic E-state index is 11.9. The van der Waals surface area contributed by atoms with E-state index in [1.54, 1.807) is 6.07 Å². The van der Waals surface area contributed by atoms with E-state index in [-0.39, 0.29) is 11.3 Å². The topological polar surface area (TPSA) is 62.8 Å². The number of halogens is 1. The van der Waals surface area contributed by atoms with Crippen LogP contribution in [0.1, 0.15) is 20.2 Å². The number of nitrogens with zero attached hydrogens (tertiary/aromatic N) is 1. The molecule has 1 N–H and O–H groups in total. The lowest BCUT2D eigenvalue weighted by Gasteiger charge is -2.05. The molecule has 0 aromatic carbocycles. The van der Waals surface area contributed by atoms with Gasteiger partial charge in [0.1, 0.15) is 4.83 Å². The van der Waals surface area contributed by atoms with Gasteiger partial charge in [-0.25, -0.2) is 5.10 Å². The Hall–Kier alpha value is -1.27. The standard InChI is InChI=1S/C10H7BrN2O2S/c11-9(6-3-4-8(14)13-12-6)10(15)7-2-1-5-16-7/h1-5,9H,(H,13,14). The molecule has 2 heterocycles. The highest BCUT2D eigenvalue weighted by atomic mass is 79.9. The molecule has 0 aliphatic heterocycles. The Bertz CT molecular complexity index is 530. The molecule has 1 atom stereocenters. The van der Waals surface area contributed by atoms with Crippen molar-refractivity contribution in [1.82, 2.24) is 10.2 Å². The van der Waals surface area contributed by atoms with Crippen LogP contribution in [0.4, 0.5) is 0 Å². The number of aromatic nitrogens is 2. The lowest BCUT2D eigenvalue weighted by molar-refractivity contribution is 0.0994. The Kier molecular flexibility index (Phi) is 3.31. The molecule has 2 rings (SSSR count). The van der Waals surface area contributed by atoms with Crippen LogP contribution in [0.5, 0.6) is 0 Å². The summed E-state index contributed by atoms with van der Waals surface area (Å²) in [5.41, 5.74) is 0.213. The molecule has 0 amide bonds. The van der Waals surface area contributed by atoms with Crippen LogP contribution in [0.15, 0.2) is 34.4 Å². The van der Waals surface area contributed by atoms with E-state index in [1.807, 2.05) is 11.4 Å². The van der Waals surface area contributed by atoms with Crippen LogP contribution in [0.3, 0.4) is 0 Å². The Balaban J connectivity index is 2.25. The number of nitrogens with one attached hydrogen (secondary N) is 1. The van der Waals surface area contributed by atoms with Gasteiger partial charge in [-0.3, -0.25) is 9.59 Å². The highest BCUT2D eigenvalue weighted by Gasteiger charge is 2.20. The zero-order valence-corrected chi connectivity index (χ0v) is 10.4. The summed E-state index contributed by atoms with van der Waals surface area (Å²) >= 11 is 4.65. The van der Waals surface area contributed by atoms with Crippen molar-refractivity contribution in [2.75, 3.05) is 0 Å². The fourth-order valence-electron chi connectivity index (χ4n) is 1.17. The molecule has 16 heavy (non-hydrogen) atoms. The van der Waals surface area contributed by atoms with E-state index in [0.717, 1.165) is 0 Å². The van der Waals surface area contributed by atoms with Crippen LogP contribution in [-0.2, 0) is 0 Å². The molecule has 6 heteroatoms. The first kappa shape index (κ1) is 11.2. The Morgan fingerprint density at radius 2 is 2.25 bits per heavy atom. The normalized spacial score (nSPS) is 12.3.